The Hall–Kier alpha value is -2.40. The van der Waals surface area contributed by atoms with E-state index in [0.29, 0.717) is 5.56 Å². The van der Waals surface area contributed by atoms with Crippen molar-refractivity contribution < 1.29 is 19.1 Å². The first-order valence-electron chi connectivity index (χ1n) is 6.02. The molecule has 1 unspecified atom stereocenters. The minimum atomic E-state index is -1.36. The van der Waals surface area contributed by atoms with Crippen molar-refractivity contribution in [3.8, 4) is 0 Å². The highest BCUT2D eigenvalue weighted by Crippen LogP contribution is 2.21. The highest BCUT2D eigenvalue weighted by molar-refractivity contribution is 6.30. The molecule has 0 saturated carbocycles. The molecule has 21 heavy (non-hydrogen) atoms. The molecule has 0 fully saturated rings. The summed E-state index contributed by atoms with van der Waals surface area (Å²) in [5.41, 5.74) is 0.423. The average molecular weight is 308 g/mol. The second-order valence-electron chi connectivity index (χ2n) is 4.28. The minimum absolute atomic E-state index is 0.105. The fourth-order valence-corrected chi connectivity index (χ4v) is 1.90. The molecule has 0 spiro atoms. The lowest BCUT2D eigenvalue weighted by molar-refractivity contribution is -0.139. The summed E-state index contributed by atoms with van der Waals surface area (Å²) in [4.78, 5) is 23.3. The molecule has 2 rings (SSSR count). The van der Waals surface area contributed by atoms with Crippen LogP contribution in [0.3, 0.4) is 0 Å². The molecule has 0 saturated heterocycles. The number of carboxylic acid groups (broad SMARTS) is 1. The van der Waals surface area contributed by atoms with Crippen molar-refractivity contribution in [2.45, 2.75) is 6.04 Å². The lowest BCUT2D eigenvalue weighted by atomic mass is 10.1. The van der Waals surface area contributed by atoms with Crippen LogP contribution in [0.25, 0.3) is 0 Å². The molecule has 108 valence electrons. The summed E-state index contributed by atoms with van der Waals surface area (Å²) in [6.07, 6.45) is 0. The molecule has 0 aliphatic heterocycles. The Morgan fingerprint density at radius 3 is 2.38 bits per heavy atom. The third-order valence-corrected chi connectivity index (χ3v) is 3.14. The molecular weight excluding hydrogens is 297 g/mol. The van der Waals surface area contributed by atoms with E-state index in [9.17, 15) is 19.1 Å². The second-order valence-corrected chi connectivity index (χ2v) is 4.69. The van der Waals surface area contributed by atoms with Gasteiger partial charge in [-0.25, -0.2) is 9.18 Å². The molecule has 2 N–H and O–H groups in total. The molecule has 0 aromatic heterocycles. The molecule has 0 heterocycles. The first kappa shape index (κ1) is 15.0. The molecule has 0 bridgehead atoms. The maximum absolute atomic E-state index is 13.4. The summed E-state index contributed by atoms with van der Waals surface area (Å²) < 4.78 is 13.4. The second kappa shape index (κ2) is 6.37. The molecule has 1 amide bonds. The van der Waals surface area contributed by atoms with Gasteiger partial charge in [0.15, 0.2) is 6.04 Å². The van der Waals surface area contributed by atoms with Gasteiger partial charge < -0.3 is 10.4 Å². The summed E-state index contributed by atoms with van der Waals surface area (Å²) in [5.74, 6) is -2.59. The first-order valence-corrected chi connectivity index (χ1v) is 6.40. The van der Waals surface area contributed by atoms with Gasteiger partial charge in [0.1, 0.15) is 5.82 Å². The van der Waals surface area contributed by atoms with Crippen LogP contribution in [0.4, 0.5) is 4.39 Å². The van der Waals surface area contributed by atoms with E-state index in [1.807, 2.05) is 0 Å². The fourth-order valence-electron chi connectivity index (χ4n) is 1.78. The van der Waals surface area contributed by atoms with Gasteiger partial charge in [0.05, 0.1) is 5.02 Å². The Morgan fingerprint density at radius 2 is 1.81 bits per heavy atom. The number of halogens is 2. The van der Waals surface area contributed by atoms with Crippen LogP contribution in [0.15, 0.2) is 48.5 Å². The molecule has 0 aliphatic rings. The Labute approximate surface area is 125 Å². The number of nitrogens with one attached hydrogen (secondary N) is 1. The highest BCUT2D eigenvalue weighted by atomic mass is 35.5. The molecule has 4 nitrogen and oxygen atoms in total. The predicted molar refractivity (Wildman–Crippen MR) is 75.7 cm³/mol. The molecule has 0 aliphatic carbocycles. The van der Waals surface area contributed by atoms with Gasteiger partial charge in [0.25, 0.3) is 5.91 Å². The van der Waals surface area contributed by atoms with E-state index in [0.717, 1.165) is 6.07 Å². The number of hydrogen-bond acceptors (Lipinski definition) is 2. The van der Waals surface area contributed by atoms with Crippen LogP contribution >= 0.6 is 11.6 Å². The van der Waals surface area contributed by atoms with Crippen LogP contribution in [0.1, 0.15) is 22.0 Å². The lowest BCUT2D eigenvalue weighted by Crippen LogP contribution is -2.33. The zero-order valence-electron chi connectivity index (χ0n) is 10.7. The van der Waals surface area contributed by atoms with Gasteiger partial charge in [-0.2, -0.15) is 0 Å². The Bertz CT molecular complexity index is 676. The fraction of sp³-hybridized carbons (Fsp3) is 0.0667. The van der Waals surface area contributed by atoms with Gasteiger partial charge >= 0.3 is 5.97 Å². The van der Waals surface area contributed by atoms with Crippen LogP contribution in [-0.4, -0.2) is 17.0 Å². The SMILES string of the molecule is O=C(NC(C(=O)O)c1ccc(Cl)c(F)c1)c1ccccc1. The van der Waals surface area contributed by atoms with Crippen molar-refractivity contribution in [2.75, 3.05) is 0 Å². The van der Waals surface area contributed by atoms with Crippen molar-refractivity contribution in [1.82, 2.24) is 5.32 Å². The zero-order valence-corrected chi connectivity index (χ0v) is 11.5. The molecular formula is C15H11ClFNO3. The first-order chi connectivity index (χ1) is 9.99. The van der Waals surface area contributed by atoms with E-state index < -0.39 is 23.7 Å². The summed E-state index contributed by atoms with van der Waals surface area (Å²) in [5, 5.41) is 11.4. The van der Waals surface area contributed by atoms with Gasteiger partial charge in [-0.15, -0.1) is 0 Å². The minimum Gasteiger partial charge on any atom is -0.479 e. The van der Waals surface area contributed by atoms with Gasteiger partial charge in [0, 0.05) is 5.56 Å². The van der Waals surface area contributed by atoms with Gasteiger partial charge in [0.2, 0.25) is 0 Å². The lowest BCUT2D eigenvalue weighted by Gasteiger charge is -2.15. The molecule has 2 aromatic rings. The standard InChI is InChI=1S/C15H11ClFNO3/c16-11-7-6-10(8-12(11)17)13(15(20)21)18-14(19)9-4-2-1-3-5-9/h1-8,13H,(H,18,19)(H,20,21). The number of amides is 1. The summed E-state index contributed by atoms with van der Waals surface area (Å²) in [6, 6.07) is 10.4. The number of carbonyl (C=O) groups excluding carboxylic acids is 1. The van der Waals surface area contributed by atoms with Crippen molar-refractivity contribution in [3.63, 3.8) is 0 Å². The highest BCUT2D eigenvalue weighted by Gasteiger charge is 2.23. The van der Waals surface area contributed by atoms with Crippen LogP contribution in [0.2, 0.25) is 5.02 Å². The molecule has 6 heteroatoms. The quantitative estimate of drug-likeness (QED) is 0.912. The number of rotatable bonds is 4. The Morgan fingerprint density at radius 1 is 1.14 bits per heavy atom. The normalized spacial score (nSPS) is 11.7. The van der Waals surface area contributed by atoms with Gasteiger partial charge in [-0.05, 0) is 29.8 Å². The molecule has 0 radical (unpaired) electrons. The van der Waals surface area contributed by atoms with E-state index in [4.69, 9.17) is 11.6 Å². The number of benzene rings is 2. The van der Waals surface area contributed by atoms with Crippen molar-refractivity contribution >= 4 is 23.5 Å². The van der Waals surface area contributed by atoms with Crippen molar-refractivity contribution in [1.29, 1.82) is 0 Å². The van der Waals surface area contributed by atoms with E-state index in [2.05, 4.69) is 5.32 Å². The Balaban J connectivity index is 2.26. The smallest absolute Gasteiger partial charge is 0.330 e. The van der Waals surface area contributed by atoms with Gasteiger partial charge in [-0.3, -0.25) is 4.79 Å². The number of carboxylic acids is 1. The average Bonchev–Trinajstić information content (AvgIpc) is 2.48. The third kappa shape index (κ3) is 3.58. The summed E-state index contributed by atoms with van der Waals surface area (Å²) >= 11 is 5.56. The maximum Gasteiger partial charge on any atom is 0.330 e. The van der Waals surface area contributed by atoms with Crippen molar-refractivity contribution in [2.24, 2.45) is 0 Å². The maximum atomic E-state index is 13.4. The zero-order chi connectivity index (χ0) is 15.4. The summed E-state index contributed by atoms with van der Waals surface area (Å²) in [7, 11) is 0. The topological polar surface area (TPSA) is 66.4 Å². The van der Waals surface area contributed by atoms with Gasteiger partial charge in [-0.1, -0.05) is 35.9 Å². The van der Waals surface area contributed by atoms with E-state index in [1.165, 1.54) is 12.1 Å². The van der Waals surface area contributed by atoms with Crippen LogP contribution in [0, 0.1) is 5.82 Å². The third-order valence-electron chi connectivity index (χ3n) is 2.84. The molecule has 2 aromatic carbocycles. The van der Waals surface area contributed by atoms with Crippen LogP contribution in [0.5, 0.6) is 0 Å². The monoisotopic (exact) mass is 307 g/mol. The van der Waals surface area contributed by atoms with Crippen LogP contribution in [-0.2, 0) is 4.79 Å². The van der Waals surface area contributed by atoms with E-state index >= 15 is 0 Å². The number of aliphatic carboxylic acids is 1. The molecule has 1 atom stereocenters. The summed E-state index contributed by atoms with van der Waals surface area (Å²) in [6.45, 7) is 0. The predicted octanol–water partition coefficient (Wildman–Crippen LogP) is 3.03. The number of hydrogen-bond donors (Lipinski definition) is 2. The Kier molecular flexibility index (Phi) is 4.55. The van der Waals surface area contributed by atoms with Crippen LogP contribution < -0.4 is 5.32 Å². The number of carbonyl (C=O) groups is 2. The largest absolute Gasteiger partial charge is 0.479 e. The van der Waals surface area contributed by atoms with E-state index in [-0.39, 0.29) is 10.6 Å². The van der Waals surface area contributed by atoms with E-state index in [1.54, 1.807) is 30.3 Å². The van der Waals surface area contributed by atoms with Crippen molar-refractivity contribution in [3.05, 3.63) is 70.5 Å².